The van der Waals surface area contributed by atoms with E-state index < -0.39 is 37.3 Å². The molecule has 0 spiro atoms. The molecule has 1 aliphatic heterocycles. The minimum atomic E-state index is -2.02. The van der Waals surface area contributed by atoms with Gasteiger partial charge in [0.1, 0.15) is 0 Å². The third kappa shape index (κ3) is 4.40. The Morgan fingerprint density at radius 2 is 1.88 bits per heavy atom. The third-order valence-corrected chi connectivity index (χ3v) is 10.1. The van der Waals surface area contributed by atoms with Crippen LogP contribution in [-0.4, -0.2) is 26.2 Å². The van der Waals surface area contributed by atoms with Gasteiger partial charge in [-0.25, -0.2) is 0 Å². The molecule has 0 saturated carbocycles. The molecule has 3 aromatic rings. The summed E-state index contributed by atoms with van der Waals surface area (Å²) in [6.45, 7) is 2.00. The predicted octanol–water partition coefficient (Wildman–Crippen LogP) is 5.46. The molecule has 0 saturated heterocycles. The number of rotatable bonds is 5. The fourth-order valence-electron chi connectivity index (χ4n) is 3.06. The topological polar surface area (TPSA) is 75.6 Å². The van der Waals surface area contributed by atoms with E-state index in [1.165, 1.54) is 19.3 Å². The molecule has 2 N–H and O–H groups in total. The average Bonchev–Trinajstić information content (AvgIpc) is 3.12. The van der Waals surface area contributed by atoms with Crippen molar-refractivity contribution in [2.75, 3.05) is 16.8 Å². The molecular formula is C22H18F3IN4O2. The van der Waals surface area contributed by atoms with Gasteiger partial charge in [-0.2, -0.15) is 0 Å². The molecule has 2 aromatic carbocycles. The van der Waals surface area contributed by atoms with Crippen LogP contribution >= 0.6 is 19.8 Å². The van der Waals surface area contributed by atoms with E-state index in [1.807, 2.05) is 13.0 Å². The monoisotopic (exact) mass is 554 g/mol. The number of ether oxygens (including phenoxy) is 1. The van der Waals surface area contributed by atoms with Crippen LogP contribution in [0.4, 0.5) is 24.5 Å². The van der Waals surface area contributed by atoms with E-state index in [-0.39, 0.29) is 17.3 Å². The molecule has 0 unspecified atom stereocenters. The quantitative estimate of drug-likeness (QED) is 0.190. The number of carbonyl (C=O) groups is 1. The Bertz CT molecular complexity index is 1240. The fourth-order valence-corrected chi connectivity index (χ4v) is 7.88. The standard InChI is InChI=1S/C22H18F3IN4O2/c1-3-26-16-5-4-13(32-14-6-7-28-19(11-14)21(31)27-2)10-17(16)29-22(26)30-18-9-12(23)8-15(24)20(18)25/h4-11H,3H2,1-2H3,(H,27,31)(H,29,30). The summed E-state index contributed by atoms with van der Waals surface area (Å²) in [5.74, 6) is -2.68. The number of aromatic nitrogens is 1. The molecule has 1 aromatic heterocycles. The number of nitrogens with zero attached hydrogens (tertiary/aromatic N) is 2. The van der Waals surface area contributed by atoms with Crippen molar-refractivity contribution in [1.82, 2.24) is 10.3 Å². The summed E-state index contributed by atoms with van der Waals surface area (Å²) < 4.78 is 49.5. The van der Waals surface area contributed by atoms with Crippen molar-refractivity contribution in [1.29, 1.82) is 0 Å². The van der Waals surface area contributed by atoms with Crippen molar-refractivity contribution in [3.05, 3.63) is 75.4 Å². The number of hydrogen-bond donors (Lipinski definition) is 2. The number of halogens is 4. The van der Waals surface area contributed by atoms with Gasteiger partial charge in [-0.1, -0.05) is 0 Å². The number of fused-ring (bicyclic) bond motifs is 1. The van der Waals surface area contributed by atoms with E-state index in [4.69, 9.17) is 4.74 Å². The Balaban J connectivity index is 1.61. The predicted molar refractivity (Wildman–Crippen MR) is 124 cm³/mol. The molecule has 0 bridgehead atoms. The zero-order valence-corrected chi connectivity index (χ0v) is 19.2. The van der Waals surface area contributed by atoms with E-state index in [0.29, 0.717) is 27.1 Å². The molecule has 32 heavy (non-hydrogen) atoms. The fraction of sp³-hybridized carbons (Fsp3) is 0.136. The van der Waals surface area contributed by atoms with Crippen LogP contribution in [0.25, 0.3) is 0 Å². The second kappa shape index (κ2) is 9.15. The second-order valence-corrected chi connectivity index (χ2v) is 12.4. The molecule has 6 nitrogen and oxygen atoms in total. The summed E-state index contributed by atoms with van der Waals surface area (Å²) in [7, 11) is 1.51. The number of hydrogen-bond acceptors (Lipinski definition) is 5. The first kappa shape index (κ1) is 22.1. The second-order valence-electron chi connectivity index (χ2n) is 6.58. The van der Waals surface area contributed by atoms with E-state index in [1.54, 1.807) is 18.2 Å². The van der Waals surface area contributed by atoms with E-state index in [2.05, 4.69) is 20.6 Å². The van der Waals surface area contributed by atoms with Crippen LogP contribution in [0.5, 0.6) is 11.5 Å². The van der Waals surface area contributed by atoms with Crippen LogP contribution in [0.1, 0.15) is 17.4 Å². The molecule has 0 fully saturated rings. The van der Waals surface area contributed by atoms with Gasteiger partial charge < -0.3 is 0 Å². The number of benzene rings is 2. The van der Waals surface area contributed by atoms with Gasteiger partial charge in [0.05, 0.1) is 0 Å². The molecule has 1 aliphatic rings. The number of amidine groups is 1. The number of nitrogens with one attached hydrogen (secondary N) is 2. The van der Waals surface area contributed by atoms with Crippen LogP contribution < -0.4 is 15.4 Å². The first-order chi connectivity index (χ1) is 15.4. The summed E-state index contributed by atoms with van der Waals surface area (Å²) >= 11 is -2.02. The normalized spacial score (nSPS) is 13.4. The maximum absolute atomic E-state index is 14.1. The van der Waals surface area contributed by atoms with Gasteiger partial charge in [-0.3, -0.25) is 0 Å². The van der Waals surface area contributed by atoms with Gasteiger partial charge in [-0.15, -0.1) is 0 Å². The number of aliphatic imine (C=N–C) groups is 1. The zero-order valence-electron chi connectivity index (χ0n) is 17.0. The number of carbonyl (C=O) groups excluding carboxylic acids is 1. The summed E-state index contributed by atoms with van der Waals surface area (Å²) in [5.41, 5.74) is 0.606. The van der Waals surface area contributed by atoms with Gasteiger partial charge in [0.25, 0.3) is 0 Å². The maximum atomic E-state index is 14.1. The van der Waals surface area contributed by atoms with Crippen LogP contribution in [0, 0.1) is 21.0 Å². The van der Waals surface area contributed by atoms with E-state index in [9.17, 15) is 18.0 Å². The number of anilines is 1. The Hall–Kier alpha value is -3.15. The van der Waals surface area contributed by atoms with E-state index in [0.717, 1.165) is 14.1 Å². The van der Waals surface area contributed by atoms with Crippen molar-refractivity contribution in [2.45, 2.75) is 6.92 Å². The Morgan fingerprint density at radius 1 is 1.09 bits per heavy atom. The van der Waals surface area contributed by atoms with Crippen LogP contribution in [0.2, 0.25) is 0 Å². The molecule has 4 rings (SSSR count). The van der Waals surface area contributed by atoms with Crippen molar-refractivity contribution in [3.8, 4) is 11.5 Å². The summed E-state index contributed by atoms with van der Waals surface area (Å²) in [5, 5.41) is 5.31. The summed E-state index contributed by atoms with van der Waals surface area (Å²) in [6, 6.07) is 10.00. The molecule has 2 heterocycles. The molecule has 0 aliphatic carbocycles. The molecule has 166 valence electrons. The molecule has 10 heteroatoms. The first-order valence-electron chi connectivity index (χ1n) is 9.55. The van der Waals surface area contributed by atoms with Gasteiger partial charge in [0, 0.05) is 0 Å². The SMILES string of the molecule is CCI1C(Nc2cc(F)cc(F)c2F)=Nc2cc(Oc3ccnc(C(=O)NC)c3)ccc21. The summed E-state index contributed by atoms with van der Waals surface area (Å²) in [6.07, 6.45) is 1.47. The number of pyridine rings is 1. The van der Waals surface area contributed by atoms with Crippen LogP contribution in [-0.2, 0) is 0 Å². The van der Waals surface area contributed by atoms with Crippen LogP contribution in [0.15, 0.2) is 53.7 Å². The zero-order chi connectivity index (χ0) is 22.8. The molecule has 0 radical (unpaired) electrons. The average molecular weight is 554 g/mol. The Labute approximate surface area is 189 Å². The molecule has 1 amide bonds. The van der Waals surface area contributed by atoms with Crippen molar-refractivity contribution >= 4 is 40.9 Å². The van der Waals surface area contributed by atoms with Crippen molar-refractivity contribution in [2.24, 2.45) is 4.99 Å². The Morgan fingerprint density at radius 3 is 2.62 bits per heavy atom. The van der Waals surface area contributed by atoms with Gasteiger partial charge in [-0.05, 0) is 0 Å². The third-order valence-electron chi connectivity index (χ3n) is 4.52. The van der Waals surface area contributed by atoms with Crippen molar-refractivity contribution < 1.29 is 22.7 Å². The van der Waals surface area contributed by atoms with Crippen molar-refractivity contribution in [3.63, 3.8) is 0 Å². The molecule has 0 atom stereocenters. The minimum absolute atomic E-state index is 0.222. The molecular weight excluding hydrogens is 536 g/mol. The number of amides is 1. The van der Waals surface area contributed by atoms with Crippen LogP contribution in [0.3, 0.4) is 0 Å². The summed E-state index contributed by atoms with van der Waals surface area (Å²) in [4.78, 5) is 20.3. The Kier molecular flexibility index (Phi) is 6.31. The number of alkyl halides is 1. The van der Waals surface area contributed by atoms with Gasteiger partial charge >= 0.3 is 190 Å². The van der Waals surface area contributed by atoms with Gasteiger partial charge in [0.2, 0.25) is 0 Å². The van der Waals surface area contributed by atoms with E-state index >= 15 is 0 Å². The first-order valence-corrected chi connectivity index (χ1v) is 13.2. The van der Waals surface area contributed by atoms with Gasteiger partial charge in [0.15, 0.2) is 0 Å².